The number of benzene rings is 2. The summed E-state index contributed by atoms with van der Waals surface area (Å²) in [4.78, 5) is 33.6. The van der Waals surface area contributed by atoms with Gasteiger partial charge in [-0.05, 0) is 42.8 Å². The van der Waals surface area contributed by atoms with Crippen LogP contribution in [0.5, 0.6) is 0 Å². The molecule has 2 heterocycles. The average molecular weight is 446 g/mol. The number of halogens is 3. The molecule has 0 bridgehead atoms. The molecule has 0 saturated heterocycles. The molecular weight excluding hydrogens is 432 g/mol. The van der Waals surface area contributed by atoms with Crippen molar-refractivity contribution in [2.24, 2.45) is 0 Å². The van der Waals surface area contributed by atoms with E-state index in [0.29, 0.717) is 21.5 Å². The van der Waals surface area contributed by atoms with Crippen molar-refractivity contribution in [2.75, 3.05) is 4.90 Å². The minimum atomic E-state index is -0.755. The van der Waals surface area contributed by atoms with Crippen LogP contribution in [-0.2, 0) is 6.54 Å². The van der Waals surface area contributed by atoms with Crippen molar-refractivity contribution in [3.05, 3.63) is 91.1 Å². The van der Waals surface area contributed by atoms with Crippen LogP contribution in [0.15, 0.2) is 52.8 Å². The first-order valence-corrected chi connectivity index (χ1v) is 10.1. The molecule has 0 aliphatic rings. The molecule has 4 rings (SSSR count). The largest absolute Gasteiger partial charge is 0.322 e. The van der Waals surface area contributed by atoms with Gasteiger partial charge in [-0.3, -0.25) is 9.59 Å². The molecule has 0 unspecified atom stereocenters. The van der Waals surface area contributed by atoms with E-state index in [0.717, 1.165) is 11.3 Å². The van der Waals surface area contributed by atoms with Crippen LogP contribution in [0.2, 0.25) is 5.02 Å². The maximum absolute atomic E-state index is 14.8. The summed E-state index contributed by atoms with van der Waals surface area (Å²) in [6.07, 6.45) is 0. The molecule has 0 atom stereocenters. The second-order valence-corrected chi connectivity index (χ2v) is 7.84. The predicted molar refractivity (Wildman–Crippen MR) is 113 cm³/mol. The van der Waals surface area contributed by atoms with Gasteiger partial charge in [-0.2, -0.15) is 0 Å². The van der Waals surface area contributed by atoms with E-state index in [1.165, 1.54) is 52.9 Å². The molecule has 0 aliphatic heterocycles. The Morgan fingerprint density at radius 2 is 2.03 bits per heavy atom. The van der Waals surface area contributed by atoms with Crippen LogP contribution in [0.3, 0.4) is 0 Å². The van der Waals surface area contributed by atoms with Crippen LogP contribution in [0, 0.1) is 18.6 Å². The second-order valence-electron chi connectivity index (χ2n) is 6.58. The fourth-order valence-corrected chi connectivity index (χ4v) is 4.12. The summed E-state index contributed by atoms with van der Waals surface area (Å²) < 4.78 is 28.5. The second kappa shape index (κ2) is 7.97. The number of hydrogen-bond donors (Lipinski definition) is 1. The van der Waals surface area contributed by atoms with Gasteiger partial charge in [0.15, 0.2) is 5.82 Å². The molecular formula is C21H14ClF2N3O2S. The standard InChI is InChI=1S/C21H14ClF2N3O2S/c1-11-20(30-10-25-11)21(29)27(17-4-2-3-15(22)19(17)24)9-12-7-18(28)26-16-8-13(23)5-6-14(12)16/h2-8,10H,9H2,1H3,(H,26,28). The zero-order valence-electron chi connectivity index (χ0n) is 15.6. The Morgan fingerprint density at radius 3 is 2.77 bits per heavy atom. The van der Waals surface area contributed by atoms with Crippen LogP contribution >= 0.6 is 22.9 Å². The zero-order chi connectivity index (χ0) is 21.4. The van der Waals surface area contributed by atoms with Crippen molar-refractivity contribution in [2.45, 2.75) is 13.5 Å². The Kier molecular flexibility index (Phi) is 5.36. The lowest BCUT2D eigenvalue weighted by Crippen LogP contribution is -2.31. The number of amides is 1. The minimum absolute atomic E-state index is 0.0316. The van der Waals surface area contributed by atoms with Gasteiger partial charge >= 0.3 is 0 Å². The van der Waals surface area contributed by atoms with E-state index in [1.807, 2.05) is 0 Å². The van der Waals surface area contributed by atoms with Crippen LogP contribution < -0.4 is 10.5 Å². The molecule has 152 valence electrons. The van der Waals surface area contributed by atoms with E-state index in [9.17, 15) is 18.4 Å². The third-order valence-corrected chi connectivity index (χ3v) is 5.83. The third-order valence-electron chi connectivity index (χ3n) is 4.63. The normalized spacial score (nSPS) is 11.1. The van der Waals surface area contributed by atoms with Crippen molar-refractivity contribution in [3.63, 3.8) is 0 Å². The lowest BCUT2D eigenvalue weighted by Gasteiger charge is -2.24. The molecule has 0 aliphatic carbocycles. The molecule has 2 aromatic carbocycles. The fourth-order valence-electron chi connectivity index (χ4n) is 3.20. The molecule has 1 N–H and O–H groups in total. The number of carbonyl (C=O) groups is 1. The summed E-state index contributed by atoms with van der Waals surface area (Å²) in [5.74, 6) is -1.74. The highest BCUT2D eigenvalue weighted by molar-refractivity contribution is 7.12. The van der Waals surface area contributed by atoms with E-state index in [1.54, 1.807) is 6.92 Å². The third kappa shape index (κ3) is 3.71. The fraction of sp³-hybridized carbons (Fsp3) is 0.0952. The Labute approximate surface area is 178 Å². The molecule has 9 heteroatoms. The molecule has 5 nitrogen and oxygen atoms in total. The van der Waals surface area contributed by atoms with Gasteiger partial charge in [0.25, 0.3) is 5.91 Å². The van der Waals surface area contributed by atoms with Gasteiger partial charge in [0, 0.05) is 11.5 Å². The number of fused-ring (bicyclic) bond motifs is 1. The van der Waals surface area contributed by atoms with Crippen LogP contribution in [-0.4, -0.2) is 15.9 Å². The van der Waals surface area contributed by atoms with Gasteiger partial charge in [0.2, 0.25) is 5.56 Å². The number of aryl methyl sites for hydroxylation is 1. The Balaban J connectivity index is 1.88. The summed E-state index contributed by atoms with van der Waals surface area (Å²) in [6, 6.07) is 9.61. The number of aromatic amines is 1. The number of anilines is 1. The van der Waals surface area contributed by atoms with Crippen molar-refractivity contribution >= 4 is 45.4 Å². The molecule has 0 saturated carbocycles. The van der Waals surface area contributed by atoms with E-state index < -0.39 is 23.1 Å². The highest BCUT2D eigenvalue weighted by atomic mass is 35.5. The lowest BCUT2D eigenvalue weighted by atomic mass is 10.1. The number of hydrogen-bond acceptors (Lipinski definition) is 4. The van der Waals surface area contributed by atoms with Crippen LogP contribution in [0.1, 0.15) is 20.9 Å². The number of nitrogens with zero attached hydrogens (tertiary/aromatic N) is 2. The molecule has 0 fully saturated rings. The minimum Gasteiger partial charge on any atom is -0.322 e. The summed E-state index contributed by atoms with van der Waals surface area (Å²) in [5.41, 5.74) is 2.26. The summed E-state index contributed by atoms with van der Waals surface area (Å²) in [6.45, 7) is 1.56. The van der Waals surface area contributed by atoms with Gasteiger partial charge in [-0.15, -0.1) is 11.3 Å². The monoisotopic (exact) mass is 445 g/mol. The highest BCUT2D eigenvalue weighted by Crippen LogP contribution is 2.30. The van der Waals surface area contributed by atoms with E-state index >= 15 is 0 Å². The Hall–Kier alpha value is -3.10. The van der Waals surface area contributed by atoms with E-state index in [2.05, 4.69) is 9.97 Å². The van der Waals surface area contributed by atoms with Crippen LogP contribution in [0.25, 0.3) is 10.9 Å². The van der Waals surface area contributed by atoms with Crippen molar-refractivity contribution in [3.8, 4) is 0 Å². The highest BCUT2D eigenvalue weighted by Gasteiger charge is 2.25. The van der Waals surface area contributed by atoms with E-state index in [4.69, 9.17) is 11.6 Å². The maximum Gasteiger partial charge on any atom is 0.270 e. The molecule has 4 aromatic rings. The summed E-state index contributed by atoms with van der Waals surface area (Å²) in [5, 5.41) is 0.404. The Bertz CT molecular complexity index is 1340. The topological polar surface area (TPSA) is 66.1 Å². The number of nitrogens with one attached hydrogen (secondary N) is 1. The van der Waals surface area contributed by atoms with Gasteiger partial charge in [-0.25, -0.2) is 13.8 Å². The molecule has 0 radical (unpaired) electrons. The number of carbonyl (C=O) groups excluding carboxylic acids is 1. The molecule has 30 heavy (non-hydrogen) atoms. The molecule has 1 amide bonds. The lowest BCUT2D eigenvalue weighted by molar-refractivity contribution is 0.0987. The number of aromatic nitrogens is 2. The summed E-state index contributed by atoms with van der Waals surface area (Å²) in [7, 11) is 0. The first-order valence-electron chi connectivity index (χ1n) is 8.82. The smallest absolute Gasteiger partial charge is 0.270 e. The van der Waals surface area contributed by atoms with Crippen molar-refractivity contribution < 1.29 is 13.6 Å². The van der Waals surface area contributed by atoms with E-state index in [-0.39, 0.29) is 22.8 Å². The van der Waals surface area contributed by atoms with Crippen molar-refractivity contribution in [1.82, 2.24) is 9.97 Å². The SMILES string of the molecule is Cc1ncsc1C(=O)N(Cc1cc(=O)[nH]c2cc(F)ccc12)c1cccc(Cl)c1F. The molecule has 0 spiro atoms. The Morgan fingerprint density at radius 1 is 1.23 bits per heavy atom. The number of pyridine rings is 1. The quantitative estimate of drug-likeness (QED) is 0.477. The predicted octanol–water partition coefficient (Wildman–Crippen LogP) is 5.07. The molecule has 2 aromatic heterocycles. The van der Waals surface area contributed by atoms with Crippen LogP contribution in [0.4, 0.5) is 14.5 Å². The number of rotatable bonds is 4. The zero-order valence-corrected chi connectivity index (χ0v) is 17.2. The van der Waals surface area contributed by atoms with Gasteiger partial charge in [0.1, 0.15) is 10.7 Å². The maximum atomic E-state index is 14.8. The van der Waals surface area contributed by atoms with Gasteiger partial charge < -0.3 is 9.88 Å². The first kappa shape index (κ1) is 20.2. The van der Waals surface area contributed by atoms with Gasteiger partial charge in [0.05, 0.1) is 34.0 Å². The average Bonchev–Trinajstić information content (AvgIpc) is 3.13. The number of H-pyrrole nitrogens is 1. The van der Waals surface area contributed by atoms with Crippen molar-refractivity contribution in [1.29, 1.82) is 0 Å². The van der Waals surface area contributed by atoms with Gasteiger partial charge in [-0.1, -0.05) is 17.7 Å². The first-order chi connectivity index (χ1) is 14.3. The number of thiazole rings is 1. The summed E-state index contributed by atoms with van der Waals surface area (Å²) >= 11 is 7.07.